The van der Waals surface area contributed by atoms with Gasteiger partial charge in [-0.15, -0.1) is 0 Å². The van der Waals surface area contributed by atoms with Crippen molar-refractivity contribution >= 4 is 17.2 Å². The fourth-order valence-electron chi connectivity index (χ4n) is 2.55. The van der Waals surface area contributed by atoms with Gasteiger partial charge in [0.25, 0.3) is 0 Å². The Morgan fingerprint density at radius 2 is 2.25 bits per heavy atom. The number of hydrogen-bond donors (Lipinski definition) is 0. The SMILES string of the molecule is Cn1nc2cccc(C=O)c2c1C1CCC1. The highest BCUT2D eigenvalue weighted by atomic mass is 16.1. The lowest BCUT2D eigenvalue weighted by Crippen LogP contribution is -2.13. The second kappa shape index (κ2) is 3.44. The second-order valence-corrected chi connectivity index (χ2v) is 4.50. The Labute approximate surface area is 94.1 Å². The van der Waals surface area contributed by atoms with E-state index in [-0.39, 0.29) is 0 Å². The summed E-state index contributed by atoms with van der Waals surface area (Å²) in [6, 6.07) is 5.74. The highest BCUT2D eigenvalue weighted by molar-refractivity contribution is 5.98. The summed E-state index contributed by atoms with van der Waals surface area (Å²) in [5.41, 5.74) is 2.95. The quantitative estimate of drug-likeness (QED) is 0.720. The molecule has 1 heterocycles. The van der Waals surface area contributed by atoms with Crippen LogP contribution in [0.4, 0.5) is 0 Å². The molecule has 0 atom stereocenters. The Morgan fingerprint density at radius 1 is 1.44 bits per heavy atom. The Balaban J connectivity index is 2.31. The lowest BCUT2D eigenvalue weighted by Gasteiger charge is -2.26. The van der Waals surface area contributed by atoms with Gasteiger partial charge in [-0.1, -0.05) is 18.6 Å². The third-order valence-corrected chi connectivity index (χ3v) is 3.56. The van der Waals surface area contributed by atoms with Gasteiger partial charge in [-0.05, 0) is 18.9 Å². The van der Waals surface area contributed by atoms with Gasteiger partial charge in [0.2, 0.25) is 0 Å². The molecule has 3 heteroatoms. The number of carbonyl (C=O) groups is 1. The molecule has 0 spiro atoms. The van der Waals surface area contributed by atoms with Crippen LogP contribution in [0.1, 0.15) is 41.2 Å². The second-order valence-electron chi connectivity index (χ2n) is 4.50. The molecule has 0 bridgehead atoms. The number of hydrogen-bond acceptors (Lipinski definition) is 2. The van der Waals surface area contributed by atoms with Gasteiger partial charge in [0, 0.05) is 29.6 Å². The molecule has 2 aromatic rings. The van der Waals surface area contributed by atoms with Gasteiger partial charge in [0.15, 0.2) is 6.29 Å². The Morgan fingerprint density at radius 3 is 2.88 bits per heavy atom. The standard InChI is InChI=1S/C13H14N2O/c1-15-13(9-4-2-5-9)12-10(8-16)6-3-7-11(12)14-15/h3,6-9H,2,4-5H2,1H3. The van der Waals surface area contributed by atoms with Gasteiger partial charge in [-0.25, -0.2) is 0 Å². The predicted molar refractivity (Wildman–Crippen MR) is 62.7 cm³/mol. The summed E-state index contributed by atoms with van der Waals surface area (Å²) in [6.45, 7) is 0. The van der Waals surface area contributed by atoms with E-state index in [1.165, 1.54) is 25.0 Å². The Bertz CT molecular complexity index is 552. The minimum atomic E-state index is 0.594. The van der Waals surface area contributed by atoms with E-state index in [0.29, 0.717) is 5.92 Å². The van der Waals surface area contributed by atoms with Gasteiger partial charge in [-0.3, -0.25) is 9.48 Å². The summed E-state index contributed by atoms with van der Waals surface area (Å²) in [7, 11) is 1.97. The van der Waals surface area contributed by atoms with Crippen LogP contribution in [0, 0.1) is 0 Å². The number of fused-ring (bicyclic) bond motifs is 1. The first kappa shape index (κ1) is 9.58. The van der Waals surface area contributed by atoms with E-state index in [9.17, 15) is 4.79 Å². The molecule has 0 unspecified atom stereocenters. The minimum Gasteiger partial charge on any atom is -0.298 e. The fourth-order valence-corrected chi connectivity index (χ4v) is 2.55. The van der Waals surface area contributed by atoms with Crippen LogP contribution in [0.15, 0.2) is 18.2 Å². The van der Waals surface area contributed by atoms with E-state index >= 15 is 0 Å². The Hall–Kier alpha value is -1.64. The van der Waals surface area contributed by atoms with Crippen LogP contribution in [0.3, 0.4) is 0 Å². The van der Waals surface area contributed by atoms with Crippen molar-refractivity contribution in [1.82, 2.24) is 9.78 Å². The van der Waals surface area contributed by atoms with Crippen molar-refractivity contribution in [2.75, 3.05) is 0 Å². The summed E-state index contributed by atoms with van der Waals surface area (Å²) in [5.74, 6) is 0.594. The van der Waals surface area contributed by atoms with E-state index < -0.39 is 0 Å². The zero-order valence-corrected chi connectivity index (χ0v) is 9.31. The first-order valence-corrected chi connectivity index (χ1v) is 5.72. The maximum atomic E-state index is 11.1. The highest BCUT2D eigenvalue weighted by Crippen LogP contribution is 2.40. The molecule has 1 aliphatic rings. The highest BCUT2D eigenvalue weighted by Gasteiger charge is 2.26. The van der Waals surface area contributed by atoms with Crippen LogP contribution in [0.2, 0.25) is 0 Å². The van der Waals surface area contributed by atoms with Crippen LogP contribution in [-0.4, -0.2) is 16.1 Å². The molecule has 0 amide bonds. The molecule has 16 heavy (non-hydrogen) atoms. The third-order valence-electron chi connectivity index (χ3n) is 3.56. The van der Waals surface area contributed by atoms with Crippen LogP contribution in [0.5, 0.6) is 0 Å². The molecule has 1 aromatic carbocycles. The van der Waals surface area contributed by atoms with Crippen molar-refractivity contribution in [3.05, 3.63) is 29.5 Å². The van der Waals surface area contributed by atoms with Crippen LogP contribution in [0.25, 0.3) is 10.9 Å². The Kier molecular flexibility index (Phi) is 2.06. The normalized spacial score (nSPS) is 16.3. The van der Waals surface area contributed by atoms with Crippen molar-refractivity contribution in [3.8, 4) is 0 Å². The number of nitrogens with zero attached hydrogens (tertiary/aromatic N) is 2. The molecule has 1 saturated carbocycles. The van der Waals surface area contributed by atoms with E-state index in [1.54, 1.807) is 0 Å². The van der Waals surface area contributed by atoms with Crippen LogP contribution in [-0.2, 0) is 7.05 Å². The molecule has 1 fully saturated rings. The van der Waals surface area contributed by atoms with E-state index in [0.717, 1.165) is 22.8 Å². The topological polar surface area (TPSA) is 34.9 Å². The molecule has 3 nitrogen and oxygen atoms in total. The zero-order valence-electron chi connectivity index (χ0n) is 9.31. The molecule has 0 aliphatic heterocycles. The molecular weight excluding hydrogens is 200 g/mol. The molecule has 0 N–H and O–H groups in total. The monoisotopic (exact) mass is 214 g/mol. The lowest BCUT2D eigenvalue weighted by atomic mass is 9.81. The van der Waals surface area contributed by atoms with E-state index in [2.05, 4.69) is 5.10 Å². The predicted octanol–water partition coefficient (Wildman–Crippen LogP) is 2.65. The zero-order chi connectivity index (χ0) is 11.1. The summed E-state index contributed by atoms with van der Waals surface area (Å²) in [5, 5.41) is 5.54. The van der Waals surface area contributed by atoms with Crippen molar-refractivity contribution in [3.63, 3.8) is 0 Å². The summed E-state index contributed by atoms with van der Waals surface area (Å²) < 4.78 is 1.95. The molecule has 3 rings (SSSR count). The van der Waals surface area contributed by atoms with Crippen molar-refractivity contribution < 1.29 is 4.79 Å². The van der Waals surface area contributed by atoms with Crippen molar-refractivity contribution in [2.24, 2.45) is 7.05 Å². The van der Waals surface area contributed by atoms with Crippen LogP contribution < -0.4 is 0 Å². The van der Waals surface area contributed by atoms with Crippen LogP contribution >= 0.6 is 0 Å². The van der Waals surface area contributed by atoms with Gasteiger partial charge in [0.1, 0.15) is 0 Å². The summed E-state index contributed by atoms with van der Waals surface area (Å²) in [4.78, 5) is 11.1. The minimum absolute atomic E-state index is 0.594. The maximum Gasteiger partial charge on any atom is 0.150 e. The largest absolute Gasteiger partial charge is 0.298 e. The first-order chi connectivity index (χ1) is 7.81. The van der Waals surface area contributed by atoms with Gasteiger partial charge >= 0.3 is 0 Å². The van der Waals surface area contributed by atoms with Gasteiger partial charge < -0.3 is 0 Å². The molecule has 0 radical (unpaired) electrons. The average Bonchev–Trinajstić information content (AvgIpc) is 2.53. The van der Waals surface area contributed by atoms with E-state index in [1.807, 2.05) is 29.9 Å². The maximum absolute atomic E-state index is 11.1. The average molecular weight is 214 g/mol. The number of aryl methyl sites for hydroxylation is 1. The summed E-state index contributed by atoms with van der Waals surface area (Å²) >= 11 is 0. The number of aldehydes is 1. The lowest BCUT2D eigenvalue weighted by molar-refractivity contribution is 0.112. The van der Waals surface area contributed by atoms with Gasteiger partial charge in [0.05, 0.1) is 5.52 Å². The molecule has 0 saturated heterocycles. The summed E-state index contributed by atoms with van der Waals surface area (Å²) in [6.07, 6.45) is 4.68. The molecule has 82 valence electrons. The number of rotatable bonds is 2. The number of carbonyl (C=O) groups excluding carboxylic acids is 1. The van der Waals surface area contributed by atoms with Gasteiger partial charge in [-0.2, -0.15) is 5.10 Å². The number of benzene rings is 1. The molecule has 1 aliphatic carbocycles. The van der Waals surface area contributed by atoms with Crippen molar-refractivity contribution in [2.45, 2.75) is 25.2 Å². The number of aromatic nitrogens is 2. The fraction of sp³-hybridized carbons (Fsp3) is 0.385. The first-order valence-electron chi connectivity index (χ1n) is 5.72. The molecular formula is C13H14N2O. The van der Waals surface area contributed by atoms with Crippen molar-refractivity contribution in [1.29, 1.82) is 0 Å². The smallest absolute Gasteiger partial charge is 0.150 e. The van der Waals surface area contributed by atoms with E-state index in [4.69, 9.17) is 0 Å². The third kappa shape index (κ3) is 1.21. The molecule has 1 aromatic heterocycles.